The molecule has 1 rings (SSSR count). The van der Waals surface area contributed by atoms with Gasteiger partial charge in [-0.2, -0.15) is 0 Å². The number of aliphatic carboxylic acids is 1. The molecule has 0 aliphatic heterocycles. The van der Waals surface area contributed by atoms with E-state index in [1.54, 1.807) is 0 Å². The van der Waals surface area contributed by atoms with Crippen molar-refractivity contribution in [2.45, 2.75) is 18.9 Å². The third-order valence-corrected chi connectivity index (χ3v) is 2.59. The normalized spacial score (nSPS) is 11.3. The van der Waals surface area contributed by atoms with E-state index in [1.165, 1.54) is 25.3 Å². The molecule has 0 saturated carbocycles. The Kier molecular flexibility index (Phi) is 6.12. The van der Waals surface area contributed by atoms with Gasteiger partial charge in [0.1, 0.15) is 11.9 Å². The highest BCUT2D eigenvalue weighted by molar-refractivity contribution is 5.92. The third-order valence-electron chi connectivity index (χ3n) is 2.59. The highest BCUT2D eigenvalue weighted by Gasteiger charge is 2.21. The van der Waals surface area contributed by atoms with Crippen molar-refractivity contribution >= 4 is 23.7 Å². The number of carbonyl (C=O) groups is 3. The molecule has 1 atom stereocenters. The van der Waals surface area contributed by atoms with Gasteiger partial charge >= 0.3 is 18.0 Å². The number of ether oxygens (including phenoxy) is 1. The molecule has 0 bridgehead atoms. The number of benzene rings is 1. The Morgan fingerprint density at radius 2 is 2.00 bits per heavy atom. The summed E-state index contributed by atoms with van der Waals surface area (Å²) in [7, 11) is 1.18. The predicted molar refractivity (Wildman–Crippen MR) is 71.2 cm³/mol. The van der Waals surface area contributed by atoms with Crippen LogP contribution >= 0.6 is 0 Å². The van der Waals surface area contributed by atoms with E-state index in [4.69, 9.17) is 5.11 Å². The molecule has 0 aliphatic carbocycles. The number of rotatable bonds is 6. The Bertz CT molecular complexity index is 535. The number of esters is 1. The number of hydrogen-bond donors (Lipinski definition) is 3. The molecule has 0 fully saturated rings. The van der Waals surface area contributed by atoms with Crippen molar-refractivity contribution in [3.63, 3.8) is 0 Å². The first-order valence-corrected chi connectivity index (χ1v) is 6.05. The Morgan fingerprint density at radius 3 is 2.57 bits per heavy atom. The van der Waals surface area contributed by atoms with Crippen LogP contribution in [0.5, 0.6) is 0 Å². The molecule has 7 nitrogen and oxygen atoms in total. The molecule has 0 aromatic heterocycles. The van der Waals surface area contributed by atoms with Gasteiger partial charge in [-0.25, -0.2) is 14.0 Å². The molecule has 0 heterocycles. The van der Waals surface area contributed by atoms with Crippen LogP contribution in [0.2, 0.25) is 0 Å². The van der Waals surface area contributed by atoms with E-state index >= 15 is 0 Å². The standard InChI is InChI=1S/C13H15FN2O5/c1-21-11(17)7-6-10(12(18)19)16-13(20)15-9-5-3-2-4-8(9)14/h2-5,10H,6-7H2,1H3,(H,18,19)(H2,15,16,20)/t10-/m1/s1. The average molecular weight is 298 g/mol. The molecule has 0 saturated heterocycles. The molecule has 0 spiro atoms. The SMILES string of the molecule is COC(=O)CC[C@@H](NC(=O)Nc1ccccc1F)C(=O)O. The Hall–Kier alpha value is -2.64. The molecule has 1 aromatic carbocycles. The lowest BCUT2D eigenvalue weighted by molar-refractivity contribution is -0.142. The van der Waals surface area contributed by atoms with Crippen molar-refractivity contribution in [3.8, 4) is 0 Å². The number of hydrogen-bond acceptors (Lipinski definition) is 4. The smallest absolute Gasteiger partial charge is 0.326 e. The summed E-state index contributed by atoms with van der Waals surface area (Å²) in [4.78, 5) is 33.6. The summed E-state index contributed by atoms with van der Waals surface area (Å²) in [6.45, 7) is 0. The van der Waals surface area contributed by atoms with Crippen molar-refractivity contribution < 1.29 is 28.6 Å². The van der Waals surface area contributed by atoms with Crippen molar-refractivity contribution in [1.82, 2.24) is 5.32 Å². The first-order chi connectivity index (χ1) is 9.93. The van der Waals surface area contributed by atoms with Gasteiger partial charge in [-0.1, -0.05) is 12.1 Å². The van der Waals surface area contributed by atoms with Gasteiger partial charge in [-0.05, 0) is 18.6 Å². The van der Waals surface area contributed by atoms with Crippen LogP contribution in [0.3, 0.4) is 0 Å². The summed E-state index contributed by atoms with van der Waals surface area (Å²) in [6, 6.07) is 3.30. The van der Waals surface area contributed by atoms with Crippen molar-refractivity contribution in [2.24, 2.45) is 0 Å². The van der Waals surface area contributed by atoms with Gasteiger partial charge in [0.05, 0.1) is 12.8 Å². The zero-order valence-corrected chi connectivity index (χ0v) is 11.3. The molecule has 0 radical (unpaired) electrons. The Balaban J connectivity index is 2.58. The van der Waals surface area contributed by atoms with E-state index in [-0.39, 0.29) is 18.5 Å². The molecule has 114 valence electrons. The number of halogens is 1. The molecule has 2 amide bonds. The van der Waals surface area contributed by atoms with E-state index in [0.29, 0.717) is 0 Å². The lowest BCUT2D eigenvalue weighted by Crippen LogP contribution is -2.43. The van der Waals surface area contributed by atoms with E-state index in [9.17, 15) is 18.8 Å². The molecule has 3 N–H and O–H groups in total. The zero-order chi connectivity index (χ0) is 15.8. The highest BCUT2D eigenvalue weighted by atomic mass is 19.1. The van der Waals surface area contributed by atoms with Crippen molar-refractivity contribution in [1.29, 1.82) is 0 Å². The second kappa shape index (κ2) is 7.83. The van der Waals surface area contributed by atoms with Crippen LogP contribution in [-0.4, -0.2) is 36.2 Å². The quantitative estimate of drug-likeness (QED) is 0.688. The number of carbonyl (C=O) groups excluding carboxylic acids is 2. The lowest BCUT2D eigenvalue weighted by atomic mass is 10.1. The zero-order valence-electron chi connectivity index (χ0n) is 11.3. The summed E-state index contributed by atoms with van der Waals surface area (Å²) >= 11 is 0. The summed E-state index contributed by atoms with van der Waals surface area (Å²) in [5.74, 6) is -2.53. The van der Waals surface area contributed by atoms with E-state index < -0.39 is 29.8 Å². The number of carboxylic acid groups (broad SMARTS) is 1. The monoisotopic (exact) mass is 298 g/mol. The minimum absolute atomic E-state index is 0.0768. The number of urea groups is 1. The van der Waals surface area contributed by atoms with E-state index in [1.807, 2.05) is 0 Å². The Morgan fingerprint density at radius 1 is 1.33 bits per heavy atom. The second-order valence-electron chi connectivity index (χ2n) is 4.08. The fraction of sp³-hybridized carbons (Fsp3) is 0.308. The number of carboxylic acids is 1. The number of anilines is 1. The maximum Gasteiger partial charge on any atom is 0.326 e. The summed E-state index contributed by atoms with van der Waals surface area (Å²) in [5, 5.41) is 13.3. The van der Waals surface area contributed by atoms with Crippen LogP contribution in [0.25, 0.3) is 0 Å². The largest absolute Gasteiger partial charge is 0.480 e. The summed E-state index contributed by atoms with van der Waals surface area (Å²) in [6.07, 6.45) is -0.292. The molecule has 0 aliphatic rings. The fourth-order valence-corrected chi connectivity index (χ4v) is 1.50. The van der Waals surface area contributed by atoms with Gasteiger partial charge < -0.3 is 20.5 Å². The van der Waals surface area contributed by atoms with Crippen LogP contribution in [0.15, 0.2) is 24.3 Å². The molecule has 0 unspecified atom stereocenters. The van der Waals surface area contributed by atoms with E-state index in [0.717, 1.165) is 6.07 Å². The second-order valence-corrected chi connectivity index (χ2v) is 4.08. The molecule has 1 aromatic rings. The third kappa shape index (κ3) is 5.47. The minimum Gasteiger partial charge on any atom is -0.480 e. The van der Waals surface area contributed by atoms with E-state index in [2.05, 4.69) is 15.4 Å². The molecular weight excluding hydrogens is 283 g/mol. The van der Waals surface area contributed by atoms with Crippen LogP contribution in [0.1, 0.15) is 12.8 Å². The highest BCUT2D eigenvalue weighted by Crippen LogP contribution is 2.12. The van der Waals surface area contributed by atoms with Crippen LogP contribution in [-0.2, 0) is 14.3 Å². The Labute approximate surface area is 120 Å². The summed E-state index contributed by atoms with van der Waals surface area (Å²) in [5.41, 5.74) is -0.0768. The number of nitrogens with one attached hydrogen (secondary N) is 2. The van der Waals surface area contributed by atoms with Crippen LogP contribution in [0.4, 0.5) is 14.9 Å². The maximum absolute atomic E-state index is 13.3. The fourth-order valence-electron chi connectivity index (χ4n) is 1.50. The lowest BCUT2D eigenvalue weighted by Gasteiger charge is -2.14. The maximum atomic E-state index is 13.3. The molecular formula is C13H15FN2O5. The molecule has 21 heavy (non-hydrogen) atoms. The van der Waals surface area contributed by atoms with Gasteiger partial charge in [0.25, 0.3) is 0 Å². The molecule has 8 heteroatoms. The van der Waals surface area contributed by atoms with Gasteiger partial charge in [-0.3, -0.25) is 4.79 Å². The van der Waals surface area contributed by atoms with Gasteiger partial charge in [0, 0.05) is 6.42 Å². The minimum atomic E-state index is -1.30. The van der Waals surface area contributed by atoms with Crippen LogP contribution in [0, 0.1) is 5.82 Å². The summed E-state index contributed by atoms with van der Waals surface area (Å²) < 4.78 is 17.7. The van der Waals surface area contributed by atoms with Gasteiger partial charge in [-0.15, -0.1) is 0 Å². The van der Waals surface area contributed by atoms with Crippen molar-refractivity contribution in [3.05, 3.63) is 30.1 Å². The number of amides is 2. The first kappa shape index (κ1) is 16.4. The van der Waals surface area contributed by atoms with Crippen LogP contribution < -0.4 is 10.6 Å². The number of methoxy groups -OCH3 is 1. The first-order valence-electron chi connectivity index (χ1n) is 6.05. The van der Waals surface area contributed by atoms with Gasteiger partial charge in [0.15, 0.2) is 0 Å². The predicted octanol–water partition coefficient (Wildman–Crippen LogP) is 1.35. The number of para-hydroxylation sites is 1. The average Bonchev–Trinajstić information content (AvgIpc) is 2.45. The van der Waals surface area contributed by atoms with Crippen molar-refractivity contribution in [2.75, 3.05) is 12.4 Å². The topological polar surface area (TPSA) is 105 Å². The van der Waals surface area contributed by atoms with Gasteiger partial charge in [0.2, 0.25) is 0 Å².